The van der Waals surface area contributed by atoms with Crippen molar-refractivity contribution in [2.45, 2.75) is 31.0 Å². The lowest BCUT2D eigenvalue weighted by molar-refractivity contribution is -0.0234. The van der Waals surface area contributed by atoms with E-state index in [0.717, 1.165) is 39.8 Å². The normalized spacial score (nSPS) is 24.0. The van der Waals surface area contributed by atoms with Crippen molar-refractivity contribution in [1.29, 1.82) is 0 Å². The number of aryl methyl sites for hydroxylation is 1. The third-order valence-electron chi connectivity index (χ3n) is 5.75. The summed E-state index contributed by atoms with van der Waals surface area (Å²) < 4.78 is 5.38. The predicted octanol–water partition coefficient (Wildman–Crippen LogP) is 2.95. The Morgan fingerprint density at radius 3 is 2.96 bits per heavy atom. The van der Waals surface area contributed by atoms with Crippen LogP contribution in [0, 0.1) is 0 Å². The first-order valence-corrected chi connectivity index (χ1v) is 8.31. The molecule has 5 rings (SSSR count). The Labute approximate surface area is 139 Å². The van der Waals surface area contributed by atoms with Crippen LogP contribution in [-0.4, -0.2) is 22.3 Å². The van der Waals surface area contributed by atoms with E-state index in [1.807, 2.05) is 30.3 Å². The molecule has 2 atom stereocenters. The number of aliphatic hydroxyl groups excluding tert-OH is 1. The van der Waals surface area contributed by atoms with Crippen LogP contribution in [0.4, 0.5) is 0 Å². The summed E-state index contributed by atoms with van der Waals surface area (Å²) in [6, 6.07) is 12.0. The molecular weight excluding hydrogens is 302 g/mol. The Kier molecular flexibility index (Phi) is 2.71. The molecule has 0 aliphatic heterocycles. The van der Waals surface area contributed by atoms with Gasteiger partial charge >= 0.3 is 0 Å². The Hall–Kier alpha value is -2.30. The highest BCUT2D eigenvalue weighted by atomic mass is 16.5. The fraction of sp³-hybridized carbons (Fsp3) is 0.300. The van der Waals surface area contributed by atoms with Gasteiger partial charge in [0.15, 0.2) is 0 Å². The number of methoxy groups -OCH3 is 1. The number of nitrogens with one attached hydrogen (secondary N) is 1. The highest BCUT2D eigenvalue weighted by molar-refractivity contribution is 5.88. The molecule has 1 aromatic heterocycles. The second-order valence-electron chi connectivity index (χ2n) is 6.83. The van der Waals surface area contributed by atoms with Gasteiger partial charge in [0.2, 0.25) is 0 Å². The molecule has 122 valence electrons. The van der Waals surface area contributed by atoms with Gasteiger partial charge in [-0.2, -0.15) is 0 Å². The van der Waals surface area contributed by atoms with Gasteiger partial charge in [-0.15, -0.1) is 0 Å². The van der Waals surface area contributed by atoms with Gasteiger partial charge in [-0.3, -0.25) is 0 Å². The molecule has 0 saturated carbocycles. The molecule has 0 spiro atoms. The lowest BCUT2D eigenvalue weighted by atomic mass is 9.55. The smallest absolute Gasteiger partial charge is 0.119 e. The van der Waals surface area contributed by atoms with E-state index in [1.54, 1.807) is 7.11 Å². The zero-order valence-corrected chi connectivity index (χ0v) is 13.5. The van der Waals surface area contributed by atoms with Crippen molar-refractivity contribution in [2.24, 2.45) is 0 Å². The van der Waals surface area contributed by atoms with Crippen LogP contribution in [0.15, 0.2) is 36.4 Å². The Balaban J connectivity index is 1.79. The minimum Gasteiger partial charge on any atom is -0.497 e. The highest BCUT2D eigenvalue weighted by Gasteiger charge is 2.55. The van der Waals surface area contributed by atoms with Crippen LogP contribution in [0.25, 0.3) is 10.9 Å². The number of aromatic amines is 1. The average Bonchev–Trinajstić information content (AvgIpc) is 2.96. The van der Waals surface area contributed by atoms with E-state index in [2.05, 4.69) is 11.1 Å². The molecule has 1 heterocycles. The molecule has 2 aromatic carbocycles. The van der Waals surface area contributed by atoms with Crippen molar-refractivity contribution >= 4 is 10.9 Å². The van der Waals surface area contributed by atoms with Crippen LogP contribution >= 0.6 is 0 Å². The maximum Gasteiger partial charge on any atom is 0.119 e. The molecule has 4 heteroatoms. The van der Waals surface area contributed by atoms with E-state index in [0.29, 0.717) is 6.42 Å². The SMILES string of the molecule is COc1ccc2[nH]c3c(c2c1)C1c2cccc(CO)c2C1(O)CC3. The molecule has 0 radical (unpaired) electrons. The first-order valence-electron chi connectivity index (χ1n) is 8.31. The summed E-state index contributed by atoms with van der Waals surface area (Å²) in [5.74, 6) is 0.783. The molecule has 0 fully saturated rings. The number of H-pyrrole nitrogens is 1. The lowest BCUT2D eigenvalue weighted by Gasteiger charge is -2.51. The molecule has 3 aromatic rings. The zero-order valence-electron chi connectivity index (χ0n) is 13.5. The van der Waals surface area contributed by atoms with Gasteiger partial charge in [-0.05, 0) is 53.3 Å². The van der Waals surface area contributed by atoms with Crippen LogP contribution < -0.4 is 4.74 Å². The van der Waals surface area contributed by atoms with Gasteiger partial charge < -0.3 is 19.9 Å². The third-order valence-corrected chi connectivity index (χ3v) is 5.75. The number of hydrogen-bond donors (Lipinski definition) is 3. The van der Waals surface area contributed by atoms with Gasteiger partial charge in [-0.1, -0.05) is 18.2 Å². The van der Waals surface area contributed by atoms with Crippen molar-refractivity contribution < 1.29 is 14.9 Å². The largest absolute Gasteiger partial charge is 0.497 e. The summed E-state index contributed by atoms with van der Waals surface area (Å²) >= 11 is 0. The maximum atomic E-state index is 11.4. The topological polar surface area (TPSA) is 65.5 Å². The quantitative estimate of drug-likeness (QED) is 0.680. The first-order chi connectivity index (χ1) is 11.7. The molecule has 3 N–H and O–H groups in total. The van der Waals surface area contributed by atoms with E-state index in [4.69, 9.17) is 4.74 Å². The van der Waals surface area contributed by atoms with Crippen LogP contribution in [0.3, 0.4) is 0 Å². The summed E-state index contributed by atoms with van der Waals surface area (Å²) in [5.41, 5.74) is 5.49. The van der Waals surface area contributed by atoms with E-state index in [9.17, 15) is 10.2 Å². The van der Waals surface area contributed by atoms with Crippen molar-refractivity contribution in [3.05, 3.63) is 64.3 Å². The molecule has 2 unspecified atom stereocenters. The number of rotatable bonds is 2. The average molecular weight is 321 g/mol. The van der Waals surface area contributed by atoms with Crippen LogP contribution in [0.5, 0.6) is 5.75 Å². The fourth-order valence-electron chi connectivity index (χ4n) is 4.72. The van der Waals surface area contributed by atoms with Gasteiger partial charge in [0.25, 0.3) is 0 Å². The second kappa shape index (κ2) is 4.62. The maximum absolute atomic E-state index is 11.4. The molecule has 0 bridgehead atoms. The van der Waals surface area contributed by atoms with Crippen LogP contribution in [0.2, 0.25) is 0 Å². The Morgan fingerprint density at radius 1 is 1.29 bits per heavy atom. The summed E-state index contributed by atoms with van der Waals surface area (Å²) in [4.78, 5) is 3.51. The zero-order chi connectivity index (χ0) is 16.5. The molecule has 0 amide bonds. The van der Waals surface area contributed by atoms with E-state index >= 15 is 0 Å². The van der Waals surface area contributed by atoms with Crippen molar-refractivity contribution in [2.75, 3.05) is 7.11 Å². The lowest BCUT2D eigenvalue weighted by Crippen LogP contribution is -2.48. The van der Waals surface area contributed by atoms with Gasteiger partial charge in [-0.25, -0.2) is 0 Å². The number of hydrogen-bond acceptors (Lipinski definition) is 3. The van der Waals surface area contributed by atoms with Gasteiger partial charge in [0.05, 0.1) is 13.7 Å². The van der Waals surface area contributed by atoms with Crippen LogP contribution in [-0.2, 0) is 18.6 Å². The number of aromatic nitrogens is 1. The number of benzene rings is 2. The minimum absolute atomic E-state index is 0.0350. The van der Waals surface area contributed by atoms with Crippen LogP contribution in [0.1, 0.15) is 40.3 Å². The fourth-order valence-corrected chi connectivity index (χ4v) is 4.72. The molecular formula is C20H19NO3. The standard InChI is InChI=1S/C20H19NO3/c1-24-12-5-6-15-14(9-12)17-16(21-15)7-8-20(23)18-11(10-22)3-2-4-13(18)19(17)20/h2-6,9,19,21-23H,7-8,10H2,1H3. The molecule has 24 heavy (non-hydrogen) atoms. The van der Waals surface area contributed by atoms with E-state index in [1.165, 1.54) is 11.3 Å². The summed E-state index contributed by atoms with van der Waals surface area (Å²) in [5, 5.41) is 22.1. The van der Waals surface area contributed by atoms with Crippen molar-refractivity contribution in [3.8, 4) is 5.75 Å². The first kappa shape index (κ1) is 14.1. The summed E-state index contributed by atoms with van der Waals surface area (Å²) in [6.07, 6.45) is 1.48. The van der Waals surface area contributed by atoms with Gasteiger partial charge in [0.1, 0.15) is 11.4 Å². The second-order valence-corrected chi connectivity index (χ2v) is 6.83. The highest BCUT2D eigenvalue weighted by Crippen LogP contribution is 2.61. The molecule has 2 aliphatic rings. The third kappa shape index (κ3) is 1.55. The number of fused-ring (bicyclic) bond motifs is 8. The number of aliphatic hydroxyl groups is 2. The predicted molar refractivity (Wildman–Crippen MR) is 91.3 cm³/mol. The minimum atomic E-state index is -0.875. The Bertz CT molecular complexity index is 974. The monoisotopic (exact) mass is 321 g/mol. The molecule has 2 aliphatic carbocycles. The molecule has 4 nitrogen and oxygen atoms in total. The van der Waals surface area contributed by atoms with Crippen molar-refractivity contribution in [1.82, 2.24) is 4.98 Å². The summed E-state index contributed by atoms with van der Waals surface area (Å²) in [6.45, 7) is -0.0350. The van der Waals surface area contributed by atoms with E-state index in [-0.39, 0.29) is 12.5 Å². The van der Waals surface area contributed by atoms with Gasteiger partial charge in [0, 0.05) is 22.5 Å². The summed E-state index contributed by atoms with van der Waals surface area (Å²) in [7, 11) is 1.67. The molecule has 0 saturated heterocycles. The number of ether oxygens (including phenoxy) is 1. The Morgan fingerprint density at radius 2 is 2.17 bits per heavy atom. The van der Waals surface area contributed by atoms with Crippen molar-refractivity contribution in [3.63, 3.8) is 0 Å². The van der Waals surface area contributed by atoms with E-state index < -0.39 is 5.60 Å².